The zero-order valence-corrected chi connectivity index (χ0v) is 16.8. The van der Waals surface area contributed by atoms with Crippen molar-refractivity contribution in [3.05, 3.63) is 94.0 Å². The van der Waals surface area contributed by atoms with Crippen LogP contribution in [-0.4, -0.2) is 23.7 Å². The minimum Gasteiger partial charge on any atom is -0.545 e. The molecule has 0 atom stereocenters. The summed E-state index contributed by atoms with van der Waals surface area (Å²) in [5.41, 5.74) is 3.03. The third-order valence-electron chi connectivity index (χ3n) is 4.97. The van der Waals surface area contributed by atoms with Crippen LogP contribution in [0.5, 0.6) is 0 Å². The van der Waals surface area contributed by atoms with Crippen molar-refractivity contribution in [2.24, 2.45) is 0 Å². The number of carbonyl (C=O) groups is 4. The van der Waals surface area contributed by atoms with Crippen LogP contribution in [0, 0.1) is 13.8 Å². The van der Waals surface area contributed by atoms with Gasteiger partial charge in [-0.25, -0.2) is 4.90 Å². The highest BCUT2D eigenvalue weighted by atomic mass is 16.4. The van der Waals surface area contributed by atoms with E-state index in [2.05, 4.69) is 5.32 Å². The number of amides is 3. The number of aryl methyl sites for hydroxylation is 2. The molecule has 7 nitrogen and oxygen atoms in total. The Kier molecular flexibility index (Phi) is 4.87. The lowest BCUT2D eigenvalue weighted by Crippen LogP contribution is -2.29. The summed E-state index contributed by atoms with van der Waals surface area (Å²) in [7, 11) is 0. The Balaban J connectivity index is 1.63. The van der Waals surface area contributed by atoms with Crippen LogP contribution in [0.25, 0.3) is 0 Å². The number of carboxylic acids is 1. The van der Waals surface area contributed by atoms with E-state index in [4.69, 9.17) is 0 Å². The lowest BCUT2D eigenvalue weighted by atomic mass is 10.1. The molecule has 3 amide bonds. The highest BCUT2D eigenvalue weighted by Gasteiger charge is 2.37. The highest BCUT2D eigenvalue weighted by molar-refractivity contribution is 6.34. The summed E-state index contributed by atoms with van der Waals surface area (Å²) >= 11 is 0. The number of hydrogen-bond acceptors (Lipinski definition) is 5. The SMILES string of the molecule is Cc1cc(C)cc(NC(=O)c2cccc(N3C(=O)c4ccc(C(=O)[O-])cc4C3=O)c2)c1. The molecule has 0 unspecified atom stereocenters. The van der Waals surface area contributed by atoms with Gasteiger partial charge in [0.2, 0.25) is 0 Å². The largest absolute Gasteiger partial charge is 0.545 e. The van der Waals surface area contributed by atoms with Gasteiger partial charge in [0.1, 0.15) is 0 Å². The predicted octanol–water partition coefficient (Wildman–Crippen LogP) is 2.72. The fourth-order valence-corrected chi connectivity index (χ4v) is 3.64. The van der Waals surface area contributed by atoms with Gasteiger partial charge in [-0.05, 0) is 73.0 Å². The second kappa shape index (κ2) is 7.53. The van der Waals surface area contributed by atoms with E-state index < -0.39 is 17.8 Å². The molecule has 0 spiro atoms. The number of rotatable bonds is 4. The van der Waals surface area contributed by atoms with E-state index in [-0.39, 0.29) is 33.8 Å². The molecule has 0 aromatic heterocycles. The Labute approximate surface area is 177 Å². The van der Waals surface area contributed by atoms with Crippen molar-refractivity contribution in [1.82, 2.24) is 0 Å². The average Bonchev–Trinajstić information content (AvgIpc) is 2.97. The van der Waals surface area contributed by atoms with Crippen molar-refractivity contribution >= 4 is 35.1 Å². The summed E-state index contributed by atoms with van der Waals surface area (Å²) in [6, 6.07) is 15.4. The summed E-state index contributed by atoms with van der Waals surface area (Å²) in [6.07, 6.45) is 0. The van der Waals surface area contributed by atoms with Crippen molar-refractivity contribution in [2.45, 2.75) is 13.8 Å². The lowest BCUT2D eigenvalue weighted by Gasteiger charge is -2.15. The lowest BCUT2D eigenvalue weighted by molar-refractivity contribution is -0.255. The third-order valence-corrected chi connectivity index (χ3v) is 4.97. The molecule has 0 saturated heterocycles. The fourth-order valence-electron chi connectivity index (χ4n) is 3.64. The zero-order chi connectivity index (χ0) is 22.3. The number of aromatic carboxylic acids is 1. The molecule has 7 heteroatoms. The zero-order valence-electron chi connectivity index (χ0n) is 16.8. The number of imide groups is 1. The first-order chi connectivity index (χ1) is 14.7. The third kappa shape index (κ3) is 3.69. The molecule has 0 saturated carbocycles. The van der Waals surface area contributed by atoms with Crippen LogP contribution in [0.4, 0.5) is 11.4 Å². The fraction of sp³-hybridized carbons (Fsp3) is 0.0833. The smallest absolute Gasteiger partial charge is 0.266 e. The Morgan fingerprint density at radius 2 is 1.48 bits per heavy atom. The Hall–Kier alpha value is -4.26. The first kappa shape index (κ1) is 20.0. The summed E-state index contributed by atoms with van der Waals surface area (Å²) in [4.78, 5) is 50.3. The molecule has 1 N–H and O–H groups in total. The van der Waals surface area contributed by atoms with Crippen molar-refractivity contribution in [2.75, 3.05) is 10.2 Å². The van der Waals surface area contributed by atoms with E-state index in [1.807, 2.05) is 32.0 Å². The molecule has 0 fully saturated rings. The van der Waals surface area contributed by atoms with Crippen molar-refractivity contribution in [3.63, 3.8) is 0 Å². The van der Waals surface area contributed by atoms with Crippen molar-refractivity contribution < 1.29 is 24.3 Å². The van der Waals surface area contributed by atoms with Crippen LogP contribution in [0.2, 0.25) is 0 Å². The number of nitrogens with zero attached hydrogens (tertiary/aromatic N) is 1. The normalized spacial score (nSPS) is 12.6. The number of anilines is 2. The van der Waals surface area contributed by atoms with E-state index in [9.17, 15) is 24.3 Å². The van der Waals surface area contributed by atoms with E-state index in [1.165, 1.54) is 24.3 Å². The van der Waals surface area contributed by atoms with Crippen molar-refractivity contribution in [3.8, 4) is 0 Å². The van der Waals surface area contributed by atoms with Gasteiger partial charge in [0.15, 0.2) is 0 Å². The van der Waals surface area contributed by atoms with Gasteiger partial charge in [-0.3, -0.25) is 14.4 Å². The first-order valence-corrected chi connectivity index (χ1v) is 9.48. The molecule has 0 bridgehead atoms. The van der Waals surface area contributed by atoms with E-state index in [0.717, 1.165) is 22.1 Å². The molecule has 1 heterocycles. The average molecular weight is 413 g/mol. The quantitative estimate of drug-likeness (QED) is 0.662. The molecular weight excluding hydrogens is 396 g/mol. The Morgan fingerprint density at radius 1 is 0.806 bits per heavy atom. The summed E-state index contributed by atoms with van der Waals surface area (Å²) in [5.74, 6) is -3.07. The van der Waals surface area contributed by atoms with Crippen molar-refractivity contribution in [1.29, 1.82) is 0 Å². The molecule has 3 aromatic rings. The molecule has 31 heavy (non-hydrogen) atoms. The molecule has 1 aliphatic rings. The van der Waals surface area contributed by atoms with Gasteiger partial charge in [-0.1, -0.05) is 18.2 Å². The number of nitrogens with one attached hydrogen (secondary N) is 1. The standard InChI is InChI=1S/C24H18N2O5/c1-13-8-14(2)10-17(9-13)25-21(27)15-4-3-5-18(11-15)26-22(28)19-7-6-16(24(30)31)12-20(19)23(26)29/h3-12H,1-2H3,(H,25,27)(H,30,31)/p-1. The second-order valence-electron chi connectivity index (χ2n) is 7.37. The number of fused-ring (bicyclic) bond motifs is 1. The van der Waals surface area contributed by atoms with Crippen LogP contribution >= 0.6 is 0 Å². The maximum absolute atomic E-state index is 12.8. The molecule has 3 aromatic carbocycles. The van der Waals surface area contributed by atoms with E-state index in [1.54, 1.807) is 12.1 Å². The van der Waals surface area contributed by atoms with Gasteiger partial charge in [-0.2, -0.15) is 0 Å². The predicted molar refractivity (Wildman–Crippen MR) is 112 cm³/mol. The van der Waals surface area contributed by atoms with Crippen LogP contribution in [-0.2, 0) is 0 Å². The van der Waals surface area contributed by atoms with Crippen LogP contribution < -0.4 is 15.3 Å². The molecule has 0 radical (unpaired) electrons. The highest BCUT2D eigenvalue weighted by Crippen LogP contribution is 2.30. The number of carboxylic acid groups (broad SMARTS) is 1. The van der Waals surface area contributed by atoms with Gasteiger partial charge in [0.05, 0.1) is 22.8 Å². The molecule has 0 aliphatic carbocycles. The van der Waals surface area contributed by atoms with Gasteiger partial charge >= 0.3 is 0 Å². The molecule has 4 rings (SSSR count). The number of benzene rings is 3. The number of hydrogen-bond donors (Lipinski definition) is 1. The number of carbonyl (C=O) groups excluding carboxylic acids is 4. The van der Waals surface area contributed by atoms with Crippen LogP contribution in [0.15, 0.2) is 60.7 Å². The molecular formula is C24H17N2O5-. The monoisotopic (exact) mass is 413 g/mol. The maximum atomic E-state index is 12.8. The van der Waals surface area contributed by atoms with E-state index >= 15 is 0 Å². The summed E-state index contributed by atoms with van der Waals surface area (Å²) in [6.45, 7) is 3.86. The maximum Gasteiger partial charge on any atom is 0.266 e. The van der Waals surface area contributed by atoms with Gasteiger partial charge in [0.25, 0.3) is 17.7 Å². The second-order valence-corrected chi connectivity index (χ2v) is 7.37. The van der Waals surface area contributed by atoms with Gasteiger partial charge in [0, 0.05) is 11.3 Å². The van der Waals surface area contributed by atoms with Crippen LogP contribution in [0.1, 0.15) is 52.6 Å². The summed E-state index contributed by atoms with van der Waals surface area (Å²) < 4.78 is 0. The van der Waals surface area contributed by atoms with Crippen LogP contribution in [0.3, 0.4) is 0 Å². The topological polar surface area (TPSA) is 107 Å². The first-order valence-electron chi connectivity index (χ1n) is 9.48. The van der Waals surface area contributed by atoms with Gasteiger partial charge < -0.3 is 15.2 Å². The van der Waals surface area contributed by atoms with Gasteiger partial charge in [-0.15, -0.1) is 0 Å². The van der Waals surface area contributed by atoms with E-state index in [0.29, 0.717) is 5.69 Å². The molecule has 1 aliphatic heterocycles. The minimum atomic E-state index is -1.44. The summed E-state index contributed by atoms with van der Waals surface area (Å²) in [5, 5.41) is 13.9. The Bertz CT molecular complexity index is 1260. The Morgan fingerprint density at radius 3 is 2.16 bits per heavy atom. The minimum absolute atomic E-state index is 0.0169. The molecule has 154 valence electrons.